The lowest BCUT2D eigenvalue weighted by atomic mass is 10.1. The fourth-order valence-electron chi connectivity index (χ4n) is 3.08. The summed E-state index contributed by atoms with van der Waals surface area (Å²) in [5, 5.41) is 6.49. The van der Waals surface area contributed by atoms with Gasteiger partial charge in [-0.1, -0.05) is 17.7 Å². The molecule has 3 rings (SSSR count). The van der Waals surface area contributed by atoms with Crippen molar-refractivity contribution in [3.05, 3.63) is 76.6 Å². The zero-order valence-electron chi connectivity index (χ0n) is 17.1. The van der Waals surface area contributed by atoms with Crippen molar-refractivity contribution in [2.75, 3.05) is 11.9 Å². The Morgan fingerprint density at radius 2 is 1.77 bits per heavy atom. The summed E-state index contributed by atoms with van der Waals surface area (Å²) in [5.74, 6) is -1.51. The van der Waals surface area contributed by atoms with Crippen molar-refractivity contribution in [2.45, 2.75) is 26.9 Å². The number of nitrogens with one attached hydrogen (secondary N) is 1. The van der Waals surface area contributed by atoms with Crippen molar-refractivity contribution in [1.82, 2.24) is 9.78 Å². The van der Waals surface area contributed by atoms with Crippen molar-refractivity contribution < 1.29 is 27.5 Å². The van der Waals surface area contributed by atoms with Gasteiger partial charge in [-0.15, -0.1) is 0 Å². The number of rotatable bonds is 5. The van der Waals surface area contributed by atoms with Crippen molar-refractivity contribution >= 4 is 17.6 Å². The lowest BCUT2D eigenvalue weighted by Crippen LogP contribution is -2.18. The first-order valence-electron chi connectivity index (χ1n) is 9.43. The van der Waals surface area contributed by atoms with E-state index in [-0.39, 0.29) is 17.9 Å². The molecule has 0 fully saturated rings. The van der Waals surface area contributed by atoms with Crippen molar-refractivity contribution in [3.8, 4) is 5.69 Å². The van der Waals surface area contributed by atoms with Crippen LogP contribution in [0.1, 0.15) is 44.5 Å². The number of hydrogen-bond acceptors (Lipinski definition) is 4. The van der Waals surface area contributed by atoms with Gasteiger partial charge in [0.15, 0.2) is 5.69 Å². The molecule has 1 heterocycles. The van der Waals surface area contributed by atoms with Gasteiger partial charge in [0.1, 0.15) is 5.56 Å². The molecule has 9 heteroatoms. The molecule has 0 spiro atoms. The molecule has 162 valence electrons. The number of aromatic nitrogens is 2. The summed E-state index contributed by atoms with van der Waals surface area (Å²) in [7, 11) is 0. The van der Waals surface area contributed by atoms with Crippen LogP contribution in [-0.4, -0.2) is 28.3 Å². The van der Waals surface area contributed by atoms with E-state index in [4.69, 9.17) is 4.74 Å². The topological polar surface area (TPSA) is 73.2 Å². The van der Waals surface area contributed by atoms with Gasteiger partial charge in [0.25, 0.3) is 5.91 Å². The Morgan fingerprint density at radius 1 is 1.10 bits per heavy atom. The van der Waals surface area contributed by atoms with Gasteiger partial charge in [0.2, 0.25) is 0 Å². The molecule has 0 atom stereocenters. The first-order chi connectivity index (χ1) is 14.6. The maximum atomic E-state index is 13.6. The third-order valence-corrected chi connectivity index (χ3v) is 4.54. The second-order valence-corrected chi connectivity index (χ2v) is 6.86. The van der Waals surface area contributed by atoms with E-state index in [1.54, 1.807) is 6.07 Å². The molecule has 1 N–H and O–H groups in total. The predicted octanol–water partition coefficient (Wildman–Crippen LogP) is 4.94. The summed E-state index contributed by atoms with van der Waals surface area (Å²) in [6, 6.07) is 11.0. The lowest BCUT2D eigenvalue weighted by Gasteiger charge is -2.13. The molecule has 0 saturated carbocycles. The van der Waals surface area contributed by atoms with E-state index < -0.39 is 29.3 Å². The van der Waals surface area contributed by atoms with Crippen LogP contribution < -0.4 is 5.32 Å². The highest BCUT2D eigenvalue weighted by atomic mass is 19.4. The third-order valence-electron chi connectivity index (χ3n) is 4.54. The Kier molecular flexibility index (Phi) is 6.14. The Morgan fingerprint density at radius 3 is 2.35 bits per heavy atom. The largest absolute Gasteiger partial charge is 0.462 e. The number of nitrogens with zero attached hydrogens (tertiary/aromatic N) is 2. The third kappa shape index (κ3) is 4.76. The average molecular weight is 431 g/mol. The van der Waals surface area contributed by atoms with Gasteiger partial charge in [-0.2, -0.15) is 18.3 Å². The molecule has 2 aromatic carbocycles. The van der Waals surface area contributed by atoms with Crippen molar-refractivity contribution in [2.24, 2.45) is 0 Å². The quantitative estimate of drug-likeness (QED) is 0.581. The fourth-order valence-corrected chi connectivity index (χ4v) is 3.08. The van der Waals surface area contributed by atoms with Crippen LogP contribution in [-0.2, 0) is 10.9 Å². The van der Waals surface area contributed by atoms with Gasteiger partial charge >= 0.3 is 12.1 Å². The second-order valence-electron chi connectivity index (χ2n) is 6.86. The van der Waals surface area contributed by atoms with Gasteiger partial charge in [-0.05, 0) is 56.7 Å². The number of carbonyl (C=O) groups excluding carboxylic acids is 2. The number of halogens is 3. The number of hydrogen-bond donors (Lipinski definition) is 1. The number of anilines is 1. The minimum absolute atomic E-state index is 0.0472. The van der Waals surface area contributed by atoms with E-state index in [2.05, 4.69) is 10.4 Å². The molecule has 1 amide bonds. The minimum Gasteiger partial charge on any atom is -0.462 e. The highest BCUT2D eigenvalue weighted by molar-refractivity contribution is 6.04. The highest BCUT2D eigenvalue weighted by Crippen LogP contribution is 2.34. The van der Waals surface area contributed by atoms with E-state index in [0.29, 0.717) is 10.4 Å². The normalized spacial score (nSPS) is 11.3. The molecular formula is C22H20F3N3O3. The first-order valence-corrected chi connectivity index (χ1v) is 9.43. The molecule has 0 unspecified atom stereocenters. The number of alkyl halides is 3. The van der Waals surface area contributed by atoms with Gasteiger partial charge in [-0.25, -0.2) is 9.48 Å². The lowest BCUT2D eigenvalue weighted by molar-refractivity contribution is -0.143. The number of esters is 1. The van der Waals surface area contributed by atoms with E-state index in [0.717, 1.165) is 17.3 Å². The number of aryl methyl sites for hydroxylation is 2. The predicted molar refractivity (Wildman–Crippen MR) is 108 cm³/mol. The summed E-state index contributed by atoms with van der Waals surface area (Å²) in [4.78, 5) is 24.4. The first kappa shape index (κ1) is 22.1. The molecule has 31 heavy (non-hydrogen) atoms. The molecule has 6 nitrogen and oxygen atoms in total. The molecular weight excluding hydrogens is 411 g/mol. The van der Waals surface area contributed by atoms with Crippen LogP contribution in [0.4, 0.5) is 18.9 Å². The summed E-state index contributed by atoms with van der Waals surface area (Å²) in [6.45, 7) is 5.24. The molecule has 0 aliphatic heterocycles. The Balaban J connectivity index is 1.89. The molecule has 0 aliphatic carbocycles. The van der Waals surface area contributed by atoms with E-state index in [1.807, 2.05) is 26.0 Å². The minimum atomic E-state index is -4.84. The fraction of sp³-hybridized carbons (Fsp3) is 0.227. The molecule has 3 aromatic rings. The van der Waals surface area contributed by atoms with Gasteiger partial charge in [0.05, 0.1) is 18.5 Å². The Labute approximate surface area is 176 Å². The van der Waals surface area contributed by atoms with Crippen LogP contribution in [0.5, 0.6) is 0 Å². The Hall–Kier alpha value is -3.62. The zero-order valence-corrected chi connectivity index (χ0v) is 17.1. The van der Waals surface area contributed by atoms with Gasteiger partial charge < -0.3 is 10.1 Å². The van der Waals surface area contributed by atoms with Crippen molar-refractivity contribution in [3.63, 3.8) is 0 Å². The Bertz CT molecular complexity index is 1120. The second kappa shape index (κ2) is 8.63. The summed E-state index contributed by atoms with van der Waals surface area (Å²) >= 11 is 0. The summed E-state index contributed by atoms with van der Waals surface area (Å²) in [6.07, 6.45) is -4.01. The van der Waals surface area contributed by atoms with Crippen LogP contribution in [0.3, 0.4) is 0 Å². The number of amides is 1. The molecule has 1 aromatic heterocycles. The smallest absolute Gasteiger partial charge is 0.434 e. The molecule has 0 radical (unpaired) electrons. The number of ether oxygens (including phenoxy) is 1. The van der Waals surface area contributed by atoms with E-state index in [9.17, 15) is 22.8 Å². The molecule has 0 saturated heterocycles. The molecule has 0 aliphatic rings. The van der Waals surface area contributed by atoms with Gasteiger partial charge in [-0.3, -0.25) is 4.79 Å². The summed E-state index contributed by atoms with van der Waals surface area (Å²) in [5.41, 5.74) is 0.986. The molecule has 0 bridgehead atoms. The average Bonchev–Trinajstić information content (AvgIpc) is 3.16. The number of carbonyl (C=O) groups is 2. The van der Waals surface area contributed by atoms with Crippen LogP contribution in [0.15, 0.2) is 48.7 Å². The maximum Gasteiger partial charge on any atom is 0.434 e. The van der Waals surface area contributed by atoms with Crippen LogP contribution >= 0.6 is 0 Å². The summed E-state index contributed by atoms with van der Waals surface area (Å²) < 4.78 is 46.1. The van der Waals surface area contributed by atoms with Crippen LogP contribution in [0.2, 0.25) is 0 Å². The SMILES string of the molecule is CCOC(=O)c1cnn(-c2ccc(C(=O)Nc3ccc(C)cc3C)cc2)c1C(F)(F)F. The van der Waals surface area contributed by atoms with Crippen LogP contribution in [0.25, 0.3) is 5.69 Å². The standard InChI is InChI=1S/C22H20F3N3O3/c1-4-31-21(30)17-12-26-28(19(17)22(23,24)25)16-8-6-15(7-9-16)20(29)27-18-10-5-13(2)11-14(18)3/h5-12H,4H2,1-3H3,(H,27,29). The van der Waals surface area contributed by atoms with Gasteiger partial charge in [0, 0.05) is 11.3 Å². The van der Waals surface area contributed by atoms with Crippen LogP contribution in [0, 0.1) is 13.8 Å². The van der Waals surface area contributed by atoms with Crippen molar-refractivity contribution in [1.29, 1.82) is 0 Å². The highest BCUT2D eigenvalue weighted by Gasteiger charge is 2.41. The van der Waals surface area contributed by atoms with E-state index in [1.165, 1.54) is 31.2 Å². The number of benzene rings is 2. The monoisotopic (exact) mass is 431 g/mol. The maximum absolute atomic E-state index is 13.6. The zero-order chi connectivity index (χ0) is 22.8. The van der Waals surface area contributed by atoms with E-state index >= 15 is 0 Å².